The second-order valence-electron chi connectivity index (χ2n) is 6.87. The average Bonchev–Trinajstić information content (AvgIpc) is 3.44. The molecular formula is C20H21FN8O3S. The lowest BCUT2D eigenvalue weighted by Gasteiger charge is -2.17. The molecule has 0 bridgehead atoms. The van der Waals surface area contributed by atoms with Crippen LogP contribution >= 0.6 is 11.9 Å². The van der Waals surface area contributed by atoms with E-state index in [9.17, 15) is 4.39 Å². The first-order valence-electron chi connectivity index (χ1n) is 9.85. The molecule has 0 spiro atoms. The number of para-hydroxylation sites is 1. The van der Waals surface area contributed by atoms with E-state index in [-0.39, 0.29) is 11.1 Å². The van der Waals surface area contributed by atoms with Crippen molar-refractivity contribution >= 4 is 17.9 Å². The Bertz CT molecular complexity index is 1210. The molecule has 0 aliphatic heterocycles. The van der Waals surface area contributed by atoms with Gasteiger partial charge in [0.2, 0.25) is 17.7 Å². The normalized spacial score (nSPS) is 11.9. The topological polar surface area (TPSA) is 126 Å². The quantitative estimate of drug-likeness (QED) is 0.361. The molecule has 0 aliphatic rings. The minimum Gasteiger partial charge on any atom is -0.494 e. The van der Waals surface area contributed by atoms with E-state index in [1.54, 1.807) is 37.8 Å². The number of aromatic nitrogens is 7. The fourth-order valence-electron chi connectivity index (χ4n) is 3.04. The molecule has 0 unspecified atom stereocenters. The number of hydrogen-bond acceptors (Lipinski definition) is 11. The lowest BCUT2D eigenvalue weighted by Crippen LogP contribution is -2.11. The van der Waals surface area contributed by atoms with Crippen molar-refractivity contribution in [3.05, 3.63) is 48.1 Å². The molecule has 1 aromatic carbocycles. The Balaban J connectivity index is 1.68. The highest BCUT2D eigenvalue weighted by atomic mass is 32.2. The smallest absolute Gasteiger partial charge is 0.286 e. The molecule has 0 fully saturated rings. The summed E-state index contributed by atoms with van der Waals surface area (Å²) in [7, 11) is 3.12. The Kier molecular flexibility index (Phi) is 6.68. The molecule has 4 aromatic rings. The minimum absolute atomic E-state index is 0.0225. The van der Waals surface area contributed by atoms with Crippen LogP contribution in [0.5, 0.6) is 11.5 Å². The Morgan fingerprint density at radius 1 is 1.09 bits per heavy atom. The van der Waals surface area contributed by atoms with Gasteiger partial charge in [-0.2, -0.15) is 0 Å². The molecule has 3 aromatic heterocycles. The molecule has 1 N–H and O–H groups in total. The van der Waals surface area contributed by atoms with Crippen LogP contribution in [0.15, 0.2) is 35.0 Å². The summed E-state index contributed by atoms with van der Waals surface area (Å²) in [6, 6.07) is 5.41. The second-order valence-corrected chi connectivity index (χ2v) is 8.12. The zero-order valence-corrected chi connectivity index (χ0v) is 19.1. The van der Waals surface area contributed by atoms with Gasteiger partial charge in [0.1, 0.15) is 23.0 Å². The van der Waals surface area contributed by atoms with E-state index in [0.717, 1.165) is 12.4 Å². The number of aryl methyl sites for hydroxylation is 1. The number of halogens is 1. The van der Waals surface area contributed by atoms with Crippen LogP contribution in [0.2, 0.25) is 0 Å². The zero-order valence-electron chi connectivity index (χ0n) is 18.3. The summed E-state index contributed by atoms with van der Waals surface area (Å²) in [5.41, 5.74) is 0.566. The van der Waals surface area contributed by atoms with Crippen LogP contribution in [0.25, 0.3) is 17.4 Å². The monoisotopic (exact) mass is 472 g/mol. The van der Waals surface area contributed by atoms with E-state index in [4.69, 9.17) is 13.9 Å². The van der Waals surface area contributed by atoms with E-state index in [0.29, 0.717) is 47.1 Å². The van der Waals surface area contributed by atoms with E-state index >= 15 is 0 Å². The molecule has 0 amide bonds. The lowest BCUT2D eigenvalue weighted by atomic mass is 10.2. The van der Waals surface area contributed by atoms with Crippen LogP contribution < -0.4 is 14.2 Å². The number of nitrogens with one attached hydrogen (secondary N) is 1. The number of ether oxygens (including phenoxy) is 2. The Hall–Kier alpha value is -3.74. The van der Waals surface area contributed by atoms with Crippen molar-refractivity contribution in [1.82, 2.24) is 34.9 Å². The van der Waals surface area contributed by atoms with Gasteiger partial charge in [-0.05, 0) is 24.1 Å². The summed E-state index contributed by atoms with van der Waals surface area (Å²) in [4.78, 5) is 8.02. The average molecular weight is 473 g/mol. The maximum absolute atomic E-state index is 13.1. The maximum atomic E-state index is 13.1. The van der Waals surface area contributed by atoms with Crippen molar-refractivity contribution in [2.45, 2.75) is 25.5 Å². The molecule has 3 heterocycles. The largest absolute Gasteiger partial charge is 0.494 e. The molecular weight excluding hydrogens is 451 g/mol. The van der Waals surface area contributed by atoms with Crippen molar-refractivity contribution in [1.29, 1.82) is 0 Å². The third-order valence-corrected chi connectivity index (χ3v) is 5.37. The summed E-state index contributed by atoms with van der Waals surface area (Å²) in [6.07, 6.45) is 2.81. The predicted octanol–water partition coefficient (Wildman–Crippen LogP) is 3.26. The van der Waals surface area contributed by atoms with Crippen molar-refractivity contribution < 1.29 is 18.3 Å². The number of anilines is 1. The highest BCUT2D eigenvalue weighted by Gasteiger charge is 2.25. The molecule has 0 aliphatic carbocycles. The summed E-state index contributed by atoms with van der Waals surface area (Å²) in [5.74, 6) is 2.42. The third-order valence-electron chi connectivity index (χ3n) is 4.50. The van der Waals surface area contributed by atoms with Crippen LogP contribution in [0.3, 0.4) is 0 Å². The molecule has 0 saturated carbocycles. The van der Waals surface area contributed by atoms with E-state index < -0.39 is 5.82 Å². The lowest BCUT2D eigenvalue weighted by molar-refractivity contribution is 0.391. The number of nitrogens with zero attached hydrogens (tertiary/aromatic N) is 7. The van der Waals surface area contributed by atoms with E-state index in [1.165, 1.54) is 11.9 Å². The van der Waals surface area contributed by atoms with Crippen LogP contribution in [0, 0.1) is 12.7 Å². The Morgan fingerprint density at radius 3 is 2.39 bits per heavy atom. The number of rotatable bonds is 9. The second kappa shape index (κ2) is 9.81. The maximum Gasteiger partial charge on any atom is 0.286 e. The van der Waals surface area contributed by atoms with Crippen LogP contribution in [0.1, 0.15) is 18.6 Å². The van der Waals surface area contributed by atoms with Gasteiger partial charge in [0.25, 0.3) is 5.89 Å². The van der Waals surface area contributed by atoms with Crippen LogP contribution in [-0.4, -0.2) is 54.4 Å². The van der Waals surface area contributed by atoms with Gasteiger partial charge in [0.05, 0.1) is 26.6 Å². The van der Waals surface area contributed by atoms with E-state index in [2.05, 4.69) is 35.1 Å². The number of methoxy groups -OCH3 is 2. The third kappa shape index (κ3) is 4.87. The van der Waals surface area contributed by atoms with Gasteiger partial charge in [-0.15, -0.1) is 20.4 Å². The van der Waals surface area contributed by atoms with Crippen molar-refractivity contribution in [2.75, 3.05) is 18.9 Å². The fourth-order valence-corrected chi connectivity index (χ4v) is 3.71. The first-order chi connectivity index (χ1) is 16.0. The number of benzene rings is 1. The van der Waals surface area contributed by atoms with Crippen LogP contribution in [-0.2, 0) is 6.42 Å². The Morgan fingerprint density at radius 2 is 1.79 bits per heavy atom. The molecule has 1 atom stereocenters. The molecule has 11 nitrogen and oxygen atoms in total. The first-order valence-corrected chi connectivity index (χ1v) is 10.7. The summed E-state index contributed by atoms with van der Waals surface area (Å²) >= 11 is 1.38. The van der Waals surface area contributed by atoms with Gasteiger partial charge in [0, 0.05) is 18.6 Å². The fraction of sp³-hybridized carbons (Fsp3) is 0.300. The van der Waals surface area contributed by atoms with Gasteiger partial charge in [-0.3, -0.25) is 4.72 Å². The first kappa shape index (κ1) is 22.5. The van der Waals surface area contributed by atoms with Gasteiger partial charge in [0.15, 0.2) is 5.82 Å². The summed E-state index contributed by atoms with van der Waals surface area (Å²) < 4.78 is 34.7. The number of hydrogen-bond donors (Lipinski definition) is 1. The van der Waals surface area contributed by atoms with Crippen molar-refractivity contribution in [2.24, 2.45) is 0 Å². The minimum atomic E-state index is -0.472. The van der Waals surface area contributed by atoms with Gasteiger partial charge in [-0.25, -0.2) is 18.9 Å². The van der Waals surface area contributed by atoms with Gasteiger partial charge >= 0.3 is 0 Å². The molecule has 4 rings (SSSR count). The highest BCUT2D eigenvalue weighted by molar-refractivity contribution is 8.01. The highest BCUT2D eigenvalue weighted by Crippen LogP contribution is 2.37. The summed E-state index contributed by atoms with van der Waals surface area (Å²) in [5, 5.41) is 16.5. The zero-order chi connectivity index (χ0) is 23.4. The van der Waals surface area contributed by atoms with E-state index in [1.807, 2.05) is 13.0 Å². The molecule has 172 valence electrons. The Labute approximate surface area is 192 Å². The standard InChI is InChI=1S/C20H21FN8O3S/c1-11(8-16-22-9-13(21)10-23-16)33-28-20-27-25-18(19-26-24-12(2)32-19)29(20)17-14(30-3)6-5-7-15(17)31-4/h5-7,9-11H,8H2,1-4H3,(H,27,28)/t11-/m1/s1. The van der Waals surface area contributed by atoms with Crippen LogP contribution in [0.4, 0.5) is 10.3 Å². The molecule has 0 radical (unpaired) electrons. The summed E-state index contributed by atoms with van der Waals surface area (Å²) in [6.45, 7) is 3.67. The SMILES string of the molecule is COc1cccc(OC)c1-n1c(NS[C@H](C)Cc2ncc(F)cn2)nnc1-c1nnc(C)o1. The molecule has 13 heteroatoms. The van der Waals surface area contributed by atoms with Gasteiger partial charge < -0.3 is 13.9 Å². The molecule has 33 heavy (non-hydrogen) atoms. The van der Waals surface area contributed by atoms with Gasteiger partial charge in [-0.1, -0.05) is 13.0 Å². The van der Waals surface area contributed by atoms with Crippen molar-refractivity contribution in [3.63, 3.8) is 0 Å². The molecule has 0 saturated heterocycles. The van der Waals surface area contributed by atoms with Crippen molar-refractivity contribution in [3.8, 4) is 28.9 Å². The predicted molar refractivity (Wildman–Crippen MR) is 119 cm³/mol.